The van der Waals surface area contributed by atoms with Gasteiger partial charge in [-0.1, -0.05) is 42.5 Å². The van der Waals surface area contributed by atoms with Gasteiger partial charge in [-0.05, 0) is 23.3 Å². The average molecular weight is 253 g/mol. The second-order valence-corrected chi connectivity index (χ2v) is 4.74. The molecule has 0 saturated heterocycles. The Morgan fingerprint density at radius 2 is 1.74 bits per heavy atom. The molecule has 2 aromatic carbocycles. The van der Waals surface area contributed by atoms with Gasteiger partial charge < -0.3 is 10.5 Å². The summed E-state index contributed by atoms with van der Waals surface area (Å²) in [5, 5.41) is 0. The number of ether oxygens (including phenoxy) is 1. The maximum atomic E-state index is 12.0. The first-order valence-electron chi connectivity index (χ1n) is 6.35. The van der Waals surface area contributed by atoms with E-state index < -0.39 is 0 Å². The van der Waals surface area contributed by atoms with E-state index in [0.717, 1.165) is 5.56 Å². The number of rotatable bonds is 2. The molecule has 0 amide bonds. The zero-order valence-corrected chi connectivity index (χ0v) is 10.5. The molecule has 0 saturated carbocycles. The fraction of sp³-hybridized carbons (Fsp3) is 0.188. The summed E-state index contributed by atoms with van der Waals surface area (Å²) in [7, 11) is 0. The lowest BCUT2D eigenvalue weighted by Gasteiger charge is -2.17. The minimum Gasteiger partial charge on any atom is -0.456 e. The lowest BCUT2D eigenvalue weighted by molar-refractivity contribution is 0.0268. The molecule has 3 rings (SSSR count). The molecule has 0 fully saturated rings. The maximum Gasteiger partial charge on any atom is 0.338 e. The van der Waals surface area contributed by atoms with Gasteiger partial charge in [0.25, 0.3) is 0 Å². The van der Waals surface area contributed by atoms with Crippen molar-refractivity contribution in [2.75, 3.05) is 0 Å². The lowest BCUT2D eigenvalue weighted by atomic mass is 10.1. The van der Waals surface area contributed by atoms with Crippen LogP contribution in [0.15, 0.2) is 54.6 Å². The smallest absolute Gasteiger partial charge is 0.338 e. The Bertz CT molecular complexity index is 595. The monoisotopic (exact) mass is 253 g/mol. The summed E-state index contributed by atoms with van der Waals surface area (Å²) in [5.41, 5.74) is 8.95. The fourth-order valence-electron chi connectivity index (χ4n) is 2.48. The third-order valence-electron chi connectivity index (χ3n) is 3.50. The molecule has 0 aliphatic heterocycles. The van der Waals surface area contributed by atoms with Crippen LogP contribution in [0.5, 0.6) is 0 Å². The van der Waals surface area contributed by atoms with Crippen molar-refractivity contribution in [1.29, 1.82) is 0 Å². The summed E-state index contributed by atoms with van der Waals surface area (Å²) in [6.45, 7) is 0. The molecule has 2 aromatic rings. The van der Waals surface area contributed by atoms with Gasteiger partial charge in [0, 0.05) is 6.42 Å². The van der Waals surface area contributed by atoms with E-state index in [1.807, 2.05) is 42.5 Å². The molecule has 3 heteroatoms. The normalized spacial score (nSPS) is 20.9. The summed E-state index contributed by atoms with van der Waals surface area (Å²) in [5.74, 6) is -0.311. The number of esters is 1. The molecule has 1 aliphatic carbocycles. The van der Waals surface area contributed by atoms with E-state index in [2.05, 4.69) is 0 Å². The summed E-state index contributed by atoms with van der Waals surface area (Å²) in [6, 6.07) is 16.7. The Labute approximate surface area is 112 Å². The van der Waals surface area contributed by atoms with Gasteiger partial charge in [0.15, 0.2) is 0 Å². The summed E-state index contributed by atoms with van der Waals surface area (Å²) >= 11 is 0. The molecule has 1 aliphatic rings. The lowest BCUT2D eigenvalue weighted by Crippen LogP contribution is -2.27. The molecule has 2 N–H and O–H groups in total. The first-order valence-corrected chi connectivity index (χ1v) is 6.35. The zero-order chi connectivity index (χ0) is 13.2. The van der Waals surface area contributed by atoms with E-state index >= 15 is 0 Å². The van der Waals surface area contributed by atoms with Crippen molar-refractivity contribution in [3.8, 4) is 0 Å². The van der Waals surface area contributed by atoms with Gasteiger partial charge in [0.1, 0.15) is 6.10 Å². The highest BCUT2D eigenvalue weighted by atomic mass is 16.5. The highest BCUT2D eigenvalue weighted by Gasteiger charge is 2.32. The third-order valence-corrected chi connectivity index (χ3v) is 3.50. The van der Waals surface area contributed by atoms with Crippen LogP contribution in [-0.4, -0.2) is 12.1 Å². The summed E-state index contributed by atoms with van der Waals surface area (Å²) in [4.78, 5) is 12.0. The minimum atomic E-state index is -0.311. The quantitative estimate of drug-likeness (QED) is 0.836. The van der Waals surface area contributed by atoms with Crippen molar-refractivity contribution >= 4 is 5.97 Å². The first kappa shape index (κ1) is 11.9. The summed E-state index contributed by atoms with van der Waals surface area (Å²) in [6.07, 6.45) is 0.417. The number of hydrogen-bond donors (Lipinski definition) is 1. The van der Waals surface area contributed by atoms with Crippen molar-refractivity contribution < 1.29 is 9.53 Å². The van der Waals surface area contributed by atoms with Gasteiger partial charge in [-0.3, -0.25) is 0 Å². The van der Waals surface area contributed by atoms with Crippen LogP contribution in [0, 0.1) is 0 Å². The van der Waals surface area contributed by atoms with Gasteiger partial charge >= 0.3 is 5.97 Å². The molecule has 0 unspecified atom stereocenters. The number of benzene rings is 2. The molecule has 0 heterocycles. The van der Waals surface area contributed by atoms with Crippen LogP contribution in [0.4, 0.5) is 0 Å². The molecule has 0 bridgehead atoms. The van der Waals surface area contributed by atoms with Gasteiger partial charge in [-0.25, -0.2) is 4.79 Å². The molecule has 0 radical (unpaired) electrons. The molecule has 0 aromatic heterocycles. The Kier molecular flexibility index (Phi) is 3.05. The Morgan fingerprint density at radius 1 is 1.05 bits per heavy atom. The largest absolute Gasteiger partial charge is 0.456 e. The van der Waals surface area contributed by atoms with Crippen LogP contribution in [0.3, 0.4) is 0 Å². The van der Waals surface area contributed by atoms with Crippen molar-refractivity contribution in [3.63, 3.8) is 0 Å². The third kappa shape index (κ3) is 2.25. The first-order chi connectivity index (χ1) is 9.25. The number of carbonyl (C=O) groups is 1. The number of hydrogen-bond acceptors (Lipinski definition) is 3. The number of fused-ring (bicyclic) bond motifs is 1. The molecular weight excluding hydrogens is 238 g/mol. The van der Waals surface area contributed by atoms with Crippen molar-refractivity contribution in [3.05, 3.63) is 71.3 Å². The van der Waals surface area contributed by atoms with Crippen molar-refractivity contribution in [2.24, 2.45) is 5.73 Å². The molecule has 96 valence electrons. The van der Waals surface area contributed by atoms with E-state index in [-0.39, 0.29) is 18.1 Å². The Hall–Kier alpha value is -2.13. The van der Waals surface area contributed by atoms with E-state index in [1.165, 1.54) is 5.56 Å². The standard InChI is InChI=1S/C16H15NO2/c17-15-13-9-5-4-8-12(13)10-14(15)19-16(18)11-6-2-1-3-7-11/h1-9,14-15H,10,17H2/t14-,15-/m1/s1. The van der Waals surface area contributed by atoms with Gasteiger partial charge in [0.2, 0.25) is 0 Å². The SMILES string of the molecule is N[C@@H]1c2ccccc2C[C@H]1OC(=O)c1ccccc1. The molecule has 19 heavy (non-hydrogen) atoms. The van der Waals surface area contributed by atoms with Crippen molar-refractivity contribution in [1.82, 2.24) is 0 Å². The maximum absolute atomic E-state index is 12.0. The van der Waals surface area contributed by atoms with Crippen LogP contribution in [0.2, 0.25) is 0 Å². The van der Waals surface area contributed by atoms with E-state index in [0.29, 0.717) is 12.0 Å². The Balaban J connectivity index is 1.75. The highest BCUT2D eigenvalue weighted by molar-refractivity contribution is 5.89. The van der Waals surface area contributed by atoms with E-state index in [4.69, 9.17) is 10.5 Å². The minimum absolute atomic E-state index is 0.233. The van der Waals surface area contributed by atoms with Crippen LogP contribution >= 0.6 is 0 Å². The van der Waals surface area contributed by atoms with Crippen LogP contribution in [-0.2, 0) is 11.2 Å². The predicted octanol–water partition coefficient (Wildman–Crippen LogP) is 2.47. The second-order valence-electron chi connectivity index (χ2n) is 4.74. The van der Waals surface area contributed by atoms with E-state index in [9.17, 15) is 4.79 Å². The number of carbonyl (C=O) groups excluding carboxylic acids is 1. The van der Waals surface area contributed by atoms with Gasteiger partial charge in [0.05, 0.1) is 11.6 Å². The average Bonchev–Trinajstić information content (AvgIpc) is 2.77. The van der Waals surface area contributed by atoms with Crippen LogP contribution in [0.25, 0.3) is 0 Å². The zero-order valence-electron chi connectivity index (χ0n) is 10.5. The van der Waals surface area contributed by atoms with Crippen LogP contribution in [0.1, 0.15) is 27.5 Å². The predicted molar refractivity (Wildman–Crippen MR) is 72.7 cm³/mol. The van der Waals surface area contributed by atoms with Crippen LogP contribution < -0.4 is 5.73 Å². The van der Waals surface area contributed by atoms with Gasteiger partial charge in [-0.15, -0.1) is 0 Å². The molecule has 3 nitrogen and oxygen atoms in total. The fourth-order valence-corrected chi connectivity index (χ4v) is 2.48. The molecule has 0 spiro atoms. The Morgan fingerprint density at radius 3 is 2.47 bits per heavy atom. The van der Waals surface area contributed by atoms with Gasteiger partial charge in [-0.2, -0.15) is 0 Å². The summed E-state index contributed by atoms with van der Waals surface area (Å²) < 4.78 is 5.53. The van der Waals surface area contributed by atoms with E-state index in [1.54, 1.807) is 12.1 Å². The van der Waals surface area contributed by atoms with Crippen molar-refractivity contribution in [2.45, 2.75) is 18.6 Å². The number of nitrogens with two attached hydrogens (primary N) is 1. The topological polar surface area (TPSA) is 52.3 Å². The second kappa shape index (κ2) is 4.86. The highest BCUT2D eigenvalue weighted by Crippen LogP contribution is 2.31. The molecular formula is C16H15NO2. The molecule has 2 atom stereocenters.